The second kappa shape index (κ2) is 10.8. The van der Waals surface area contributed by atoms with Gasteiger partial charge in [-0.1, -0.05) is 18.2 Å². The third kappa shape index (κ3) is 6.52. The monoisotopic (exact) mass is 453 g/mol. The number of anilines is 2. The number of amides is 2. The Bertz CT molecular complexity index is 969. The molecule has 2 amide bonds. The fourth-order valence-corrected chi connectivity index (χ4v) is 4.41. The molecular formula is C25H32FN5O2. The SMILES string of the molecule is Cc1cccc(N2CCN(C(=O)CN3CCN(CC(=O)Nc4cccc(F)c4)CC3)CC2)c1. The molecule has 0 aromatic heterocycles. The third-order valence-corrected chi connectivity index (χ3v) is 6.30. The number of rotatable bonds is 6. The maximum absolute atomic E-state index is 13.3. The molecule has 2 aromatic rings. The number of hydrogen-bond donors (Lipinski definition) is 1. The second-order valence-corrected chi connectivity index (χ2v) is 8.82. The minimum Gasteiger partial charge on any atom is -0.368 e. The molecule has 2 aliphatic rings. The van der Waals surface area contributed by atoms with Gasteiger partial charge in [-0.05, 0) is 42.8 Å². The zero-order chi connectivity index (χ0) is 23.2. The van der Waals surface area contributed by atoms with Crippen molar-refractivity contribution in [3.63, 3.8) is 0 Å². The third-order valence-electron chi connectivity index (χ3n) is 6.30. The molecule has 2 heterocycles. The summed E-state index contributed by atoms with van der Waals surface area (Å²) in [5.41, 5.74) is 2.93. The van der Waals surface area contributed by atoms with Crippen molar-refractivity contribution in [1.29, 1.82) is 0 Å². The van der Waals surface area contributed by atoms with E-state index < -0.39 is 0 Å². The predicted octanol–water partition coefficient (Wildman–Crippen LogP) is 2.04. The molecule has 2 fully saturated rings. The number of hydrogen-bond acceptors (Lipinski definition) is 5. The smallest absolute Gasteiger partial charge is 0.238 e. The Morgan fingerprint density at radius 2 is 1.52 bits per heavy atom. The molecule has 2 saturated heterocycles. The maximum atomic E-state index is 13.3. The molecule has 7 nitrogen and oxygen atoms in total. The first kappa shape index (κ1) is 23.2. The Hall–Kier alpha value is -2.97. The van der Waals surface area contributed by atoms with E-state index in [0.29, 0.717) is 12.2 Å². The summed E-state index contributed by atoms with van der Waals surface area (Å²) in [7, 11) is 0. The molecule has 8 heteroatoms. The lowest BCUT2D eigenvalue weighted by Gasteiger charge is -2.38. The summed E-state index contributed by atoms with van der Waals surface area (Å²) >= 11 is 0. The van der Waals surface area contributed by atoms with Crippen LogP contribution in [0, 0.1) is 12.7 Å². The van der Waals surface area contributed by atoms with Gasteiger partial charge in [0.1, 0.15) is 5.82 Å². The van der Waals surface area contributed by atoms with Crippen molar-refractivity contribution >= 4 is 23.2 Å². The first-order valence-corrected chi connectivity index (χ1v) is 11.6. The normalized spacial score (nSPS) is 17.8. The second-order valence-electron chi connectivity index (χ2n) is 8.82. The van der Waals surface area contributed by atoms with Crippen molar-refractivity contribution in [2.75, 3.05) is 75.7 Å². The number of benzene rings is 2. The Labute approximate surface area is 194 Å². The fourth-order valence-electron chi connectivity index (χ4n) is 4.41. The molecule has 2 aromatic carbocycles. The van der Waals surface area contributed by atoms with Crippen molar-refractivity contribution in [1.82, 2.24) is 14.7 Å². The minimum absolute atomic E-state index is 0.156. The minimum atomic E-state index is -0.373. The summed E-state index contributed by atoms with van der Waals surface area (Å²) in [4.78, 5) is 33.6. The summed E-state index contributed by atoms with van der Waals surface area (Å²) < 4.78 is 13.3. The number of aryl methyl sites for hydroxylation is 1. The van der Waals surface area contributed by atoms with Crippen LogP contribution in [-0.2, 0) is 9.59 Å². The van der Waals surface area contributed by atoms with Gasteiger partial charge in [-0.25, -0.2) is 4.39 Å². The topological polar surface area (TPSA) is 59.1 Å². The highest BCUT2D eigenvalue weighted by Gasteiger charge is 2.25. The van der Waals surface area contributed by atoms with E-state index >= 15 is 0 Å². The number of halogens is 1. The van der Waals surface area contributed by atoms with Gasteiger partial charge in [0, 0.05) is 63.7 Å². The molecule has 4 rings (SSSR count). The van der Waals surface area contributed by atoms with E-state index in [1.165, 1.54) is 23.4 Å². The Morgan fingerprint density at radius 1 is 0.848 bits per heavy atom. The van der Waals surface area contributed by atoms with E-state index in [-0.39, 0.29) is 24.2 Å². The van der Waals surface area contributed by atoms with E-state index in [9.17, 15) is 14.0 Å². The lowest BCUT2D eigenvalue weighted by molar-refractivity contribution is -0.133. The molecule has 33 heavy (non-hydrogen) atoms. The molecule has 0 radical (unpaired) electrons. The molecule has 0 unspecified atom stereocenters. The first-order chi connectivity index (χ1) is 16.0. The van der Waals surface area contributed by atoms with Crippen LogP contribution in [0.1, 0.15) is 5.56 Å². The fraction of sp³-hybridized carbons (Fsp3) is 0.440. The number of carbonyl (C=O) groups excluding carboxylic acids is 2. The van der Waals surface area contributed by atoms with Gasteiger partial charge in [-0.15, -0.1) is 0 Å². The van der Waals surface area contributed by atoms with Crippen LogP contribution < -0.4 is 10.2 Å². The van der Waals surface area contributed by atoms with Crippen LogP contribution in [0.4, 0.5) is 15.8 Å². The highest BCUT2D eigenvalue weighted by atomic mass is 19.1. The molecule has 0 atom stereocenters. The zero-order valence-electron chi connectivity index (χ0n) is 19.2. The quantitative estimate of drug-likeness (QED) is 0.726. The summed E-state index contributed by atoms with van der Waals surface area (Å²) in [6, 6.07) is 14.4. The van der Waals surface area contributed by atoms with Crippen LogP contribution in [0.2, 0.25) is 0 Å². The van der Waals surface area contributed by atoms with Gasteiger partial charge in [-0.3, -0.25) is 19.4 Å². The van der Waals surface area contributed by atoms with Crippen LogP contribution in [-0.4, -0.2) is 92.0 Å². The molecule has 0 aliphatic carbocycles. The highest BCUT2D eigenvalue weighted by Crippen LogP contribution is 2.18. The van der Waals surface area contributed by atoms with Gasteiger partial charge in [0.15, 0.2) is 0 Å². The van der Waals surface area contributed by atoms with Crippen molar-refractivity contribution < 1.29 is 14.0 Å². The molecule has 0 bridgehead atoms. The Morgan fingerprint density at radius 3 is 2.18 bits per heavy atom. The van der Waals surface area contributed by atoms with E-state index in [4.69, 9.17) is 0 Å². The summed E-state index contributed by atoms with van der Waals surface area (Å²) in [6.07, 6.45) is 0. The number of carbonyl (C=O) groups is 2. The molecule has 0 spiro atoms. The van der Waals surface area contributed by atoms with E-state index in [2.05, 4.69) is 51.2 Å². The highest BCUT2D eigenvalue weighted by molar-refractivity contribution is 5.92. The molecule has 1 N–H and O–H groups in total. The van der Waals surface area contributed by atoms with Crippen molar-refractivity contribution in [3.8, 4) is 0 Å². The van der Waals surface area contributed by atoms with Gasteiger partial charge in [0.25, 0.3) is 0 Å². The van der Waals surface area contributed by atoms with Crippen LogP contribution in [0.5, 0.6) is 0 Å². The summed E-state index contributed by atoms with van der Waals surface area (Å²) in [5, 5.41) is 2.74. The van der Waals surface area contributed by atoms with Crippen molar-refractivity contribution in [2.24, 2.45) is 0 Å². The Kier molecular flexibility index (Phi) is 7.57. The van der Waals surface area contributed by atoms with Crippen LogP contribution in [0.25, 0.3) is 0 Å². The maximum Gasteiger partial charge on any atom is 0.238 e. The van der Waals surface area contributed by atoms with Crippen LogP contribution in [0.15, 0.2) is 48.5 Å². The van der Waals surface area contributed by atoms with Gasteiger partial charge in [0.2, 0.25) is 11.8 Å². The molecular weight excluding hydrogens is 421 g/mol. The average Bonchev–Trinajstić information content (AvgIpc) is 2.80. The van der Waals surface area contributed by atoms with Crippen molar-refractivity contribution in [3.05, 3.63) is 59.9 Å². The predicted molar refractivity (Wildman–Crippen MR) is 128 cm³/mol. The molecule has 176 valence electrons. The standard InChI is InChI=1S/C25H32FN5O2/c1-20-4-2-7-23(16-20)30-12-14-31(15-13-30)25(33)19-29-10-8-28(9-11-29)18-24(32)27-22-6-3-5-21(26)17-22/h2-7,16-17H,8-15,18-19H2,1H3,(H,27,32). The van der Waals surface area contributed by atoms with Gasteiger partial charge < -0.3 is 15.1 Å². The lowest BCUT2D eigenvalue weighted by Crippen LogP contribution is -2.54. The molecule has 2 aliphatic heterocycles. The van der Waals surface area contributed by atoms with E-state index in [1.54, 1.807) is 12.1 Å². The summed E-state index contributed by atoms with van der Waals surface area (Å²) in [6.45, 7) is 8.93. The first-order valence-electron chi connectivity index (χ1n) is 11.6. The van der Waals surface area contributed by atoms with Gasteiger partial charge in [-0.2, -0.15) is 0 Å². The molecule has 0 saturated carbocycles. The zero-order valence-corrected chi connectivity index (χ0v) is 19.2. The number of nitrogens with zero attached hydrogens (tertiary/aromatic N) is 4. The number of piperazine rings is 2. The number of nitrogens with one attached hydrogen (secondary N) is 1. The van der Waals surface area contributed by atoms with E-state index in [0.717, 1.165) is 52.4 Å². The lowest BCUT2D eigenvalue weighted by atomic mass is 10.2. The summed E-state index contributed by atoms with van der Waals surface area (Å²) in [5.74, 6) is -0.351. The van der Waals surface area contributed by atoms with Crippen molar-refractivity contribution in [2.45, 2.75) is 6.92 Å². The Balaban J connectivity index is 1.16. The van der Waals surface area contributed by atoms with Crippen LogP contribution in [0.3, 0.4) is 0 Å². The van der Waals surface area contributed by atoms with E-state index in [1.807, 2.05) is 4.90 Å². The largest absolute Gasteiger partial charge is 0.368 e. The average molecular weight is 454 g/mol. The van der Waals surface area contributed by atoms with Crippen LogP contribution >= 0.6 is 0 Å². The van der Waals surface area contributed by atoms with Gasteiger partial charge in [0.05, 0.1) is 13.1 Å². The van der Waals surface area contributed by atoms with Gasteiger partial charge >= 0.3 is 0 Å².